The summed E-state index contributed by atoms with van der Waals surface area (Å²) in [7, 11) is 1.59. The number of likely N-dealkylation sites (tertiary alicyclic amines) is 1. The Hall–Kier alpha value is -1.63. The van der Waals surface area contributed by atoms with Crippen LogP contribution in [0.15, 0.2) is 24.3 Å². The molecule has 0 unspecified atom stereocenters. The molecule has 1 aromatic carbocycles. The molecule has 132 valence electrons. The van der Waals surface area contributed by atoms with Crippen molar-refractivity contribution in [2.45, 2.75) is 12.3 Å². The number of ether oxygens (including phenoxy) is 2. The van der Waals surface area contributed by atoms with Gasteiger partial charge in [0.1, 0.15) is 0 Å². The van der Waals surface area contributed by atoms with E-state index >= 15 is 0 Å². The summed E-state index contributed by atoms with van der Waals surface area (Å²) in [6.07, 6.45) is 0.239. The predicted octanol–water partition coefficient (Wildman–Crippen LogP) is 2.02. The molecule has 24 heavy (non-hydrogen) atoms. The second-order valence-electron chi connectivity index (χ2n) is 5.76. The lowest BCUT2D eigenvalue weighted by Gasteiger charge is -2.16. The summed E-state index contributed by atoms with van der Waals surface area (Å²) in [5, 5.41) is 10.1. The minimum absolute atomic E-state index is 0.0878. The highest BCUT2D eigenvalue weighted by atomic mass is 35.5. The van der Waals surface area contributed by atoms with Crippen molar-refractivity contribution in [1.29, 1.82) is 0 Å². The highest BCUT2D eigenvalue weighted by Gasteiger charge is 2.40. The van der Waals surface area contributed by atoms with Crippen LogP contribution < -0.4 is 0 Å². The van der Waals surface area contributed by atoms with E-state index in [1.165, 1.54) is 0 Å². The summed E-state index contributed by atoms with van der Waals surface area (Å²) < 4.78 is 10.2. The number of methoxy groups -OCH3 is 1. The number of hydrogen-bond donors (Lipinski definition) is 1. The van der Waals surface area contributed by atoms with Crippen LogP contribution >= 0.6 is 11.6 Å². The SMILES string of the molecule is COCCOCCC(=O)N1C[C@@H](C(=O)O)[C@H](c2ccc(Cl)cc2)C1. The first-order valence-corrected chi connectivity index (χ1v) is 8.23. The number of benzene rings is 1. The highest BCUT2D eigenvalue weighted by molar-refractivity contribution is 6.30. The zero-order chi connectivity index (χ0) is 17.5. The van der Waals surface area contributed by atoms with Crippen LogP contribution in [0.25, 0.3) is 0 Å². The van der Waals surface area contributed by atoms with Crippen molar-refractivity contribution in [2.75, 3.05) is 40.0 Å². The molecule has 0 aliphatic carbocycles. The molecule has 1 aliphatic heterocycles. The van der Waals surface area contributed by atoms with Gasteiger partial charge in [-0.25, -0.2) is 0 Å². The fourth-order valence-corrected chi connectivity index (χ4v) is 2.99. The van der Waals surface area contributed by atoms with E-state index < -0.39 is 11.9 Å². The van der Waals surface area contributed by atoms with Crippen LogP contribution in [-0.2, 0) is 19.1 Å². The van der Waals surface area contributed by atoms with Crippen LogP contribution in [0.4, 0.5) is 0 Å². The number of amides is 1. The number of carboxylic acids is 1. The van der Waals surface area contributed by atoms with Crippen molar-refractivity contribution >= 4 is 23.5 Å². The number of rotatable bonds is 8. The van der Waals surface area contributed by atoms with Crippen LogP contribution in [0, 0.1) is 5.92 Å². The van der Waals surface area contributed by atoms with E-state index in [1.54, 1.807) is 24.1 Å². The number of carboxylic acid groups (broad SMARTS) is 1. The maximum atomic E-state index is 12.3. The van der Waals surface area contributed by atoms with Gasteiger partial charge in [0.25, 0.3) is 0 Å². The van der Waals surface area contributed by atoms with Gasteiger partial charge >= 0.3 is 5.97 Å². The van der Waals surface area contributed by atoms with E-state index in [1.807, 2.05) is 12.1 Å². The fourth-order valence-electron chi connectivity index (χ4n) is 2.87. The van der Waals surface area contributed by atoms with Crippen molar-refractivity contribution in [1.82, 2.24) is 4.90 Å². The largest absolute Gasteiger partial charge is 0.481 e. The lowest BCUT2D eigenvalue weighted by Crippen LogP contribution is -2.30. The van der Waals surface area contributed by atoms with Crippen molar-refractivity contribution in [3.63, 3.8) is 0 Å². The van der Waals surface area contributed by atoms with Crippen LogP contribution in [-0.4, -0.2) is 61.9 Å². The smallest absolute Gasteiger partial charge is 0.308 e. The third-order valence-electron chi connectivity index (χ3n) is 4.18. The van der Waals surface area contributed by atoms with Gasteiger partial charge in [0.2, 0.25) is 5.91 Å². The Kier molecular flexibility index (Phi) is 7.02. The van der Waals surface area contributed by atoms with Gasteiger partial charge in [-0.05, 0) is 17.7 Å². The number of hydrogen-bond acceptors (Lipinski definition) is 4. The summed E-state index contributed by atoms with van der Waals surface area (Å²) in [5.74, 6) is -1.81. The Morgan fingerprint density at radius 1 is 1.21 bits per heavy atom. The van der Waals surface area contributed by atoms with Gasteiger partial charge in [-0.15, -0.1) is 0 Å². The third kappa shape index (κ3) is 4.93. The van der Waals surface area contributed by atoms with E-state index in [-0.39, 0.29) is 24.8 Å². The molecule has 6 nitrogen and oxygen atoms in total. The third-order valence-corrected chi connectivity index (χ3v) is 4.43. The molecule has 1 amide bonds. The zero-order valence-corrected chi connectivity index (χ0v) is 14.4. The minimum atomic E-state index is -0.887. The molecule has 1 N–H and O–H groups in total. The van der Waals surface area contributed by atoms with Crippen LogP contribution in [0.1, 0.15) is 17.9 Å². The first-order chi connectivity index (χ1) is 11.5. The average molecular weight is 356 g/mol. The summed E-state index contributed by atoms with van der Waals surface area (Å²) in [5.41, 5.74) is 0.887. The second kappa shape index (κ2) is 9.01. The molecule has 1 heterocycles. The van der Waals surface area contributed by atoms with E-state index in [4.69, 9.17) is 21.1 Å². The number of aliphatic carboxylic acids is 1. The first kappa shape index (κ1) is 18.7. The van der Waals surface area contributed by atoms with Gasteiger partial charge in [-0.3, -0.25) is 9.59 Å². The monoisotopic (exact) mass is 355 g/mol. The summed E-state index contributed by atoms with van der Waals surface area (Å²) in [6.45, 7) is 1.85. The maximum Gasteiger partial charge on any atom is 0.308 e. The number of nitrogens with zero attached hydrogens (tertiary/aromatic N) is 1. The topological polar surface area (TPSA) is 76.1 Å². The molecule has 0 saturated carbocycles. The minimum Gasteiger partial charge on any atom is -0.481 e. The van der Waals surface area contributed by atoms with Crippen LogP contribution in [0.3, 0.4) is 0 Å². The average Bonchev–Trinajstić information content (AvgIpc) is 3.01. The maximum absolute atomic E-state index is 12.3. The van der Waals surface area contributed by atoms with Gasteiger partial charge in [0.15, 0.2) is 0 Å². The fraction of sp³-hybridized carbons (Fsp3) is 0.529. The van der Waals surface area contributed by atoms with Crippen LogP contribution in [0.5, 0.6) is 0 Å². The quantitative estimate of drug-likeness (QED) is 0.722. The Balaban J connectivity index is 1.95. The van der Waals surface area contributed by atoms with E-state index in [0.29, 0.717) is 31.4 Å². The zero-order valence-electron chi connectivity index (χ0n) is 13.6. The van der Waals surface area contributed by atoms with E-state index in [9.17, 15) is 14.7 Å². The van der Waals surface area contributed by atoms with Gasteiger partial charge in [-0.1, -0.05) is 23.7 Å². The first-order valence-electron chi connectivity index (χ1n) is 7.85. The Morgan fingerprint density at radius 2 is 1.92 bits per heavy atom. The van der Waals surface area contributed by atoms with E-state index in [2.05, 4.69) is 0 Å². The Morgan fingerprint density at radius 3 is 2.54 bits per heavy atom. The molecule has 2 rings (SSSR count). The van der Waals surface area contributed by atoms with Crippen molar-refractivity contribution in [2.24, 2.45) is 5.92 Å². The van der Waals surface area contributed by atoms with Crippen LogP contribution in [0.2, 0.25) is 5.02 Å². The summed E-state index contributed by atoms with van der Waals surface area (Å²) >= 11 is 5.89. The van der Waals surface area contributed by atoms with Gasteiger partial charge in [0.05, 0.1) is 32.2 Å². The summed E-state index contributed by atoms with van der Waals surface area (Å²) in [4.78, 5) is 25.4. The molecule has 7 heteroatoms. The Bertz CT molecular complexity index is 563. The van der Waals surface area contributed by atoms with Gasteiger partial charge < -0.3 is 19.5 Å². The van der Waals surface area contributed by atoms with Crippen molar-refractivity contribution in [3.05, 3.63) is 34.9 Å². The van der Waals surface area contributed by atoms with Crippen molar-refractivity contribution < 1.29 is 24.2 Å². The van der Waals surface area contributed by atoms with Gasteiger partial charge in [-0.2, -0.15) is 0 Å². The number of carbonyl (C=O) groups excluding carboxylic acids is 1. The molecule has 0 radical (unpaired) electrons. The molecule has 1 fully saturated rings. The van der Waals surface area contributed by atoms with Gasteiger partial charge in [0, 0.05) is 31.1 Å². The summed E-state index contributed by atoms with van der Waals surface area (Å²) in [6, 6.07) is 7.13. The van der Waals surface area contributed by atoms with E-state index in [0.717, 1.165) is 5.56 Å². The molecule has 0 bridgehead atoms. The lowest BCUT2D eigenvalue weighted by molar-refractivity contribution is -0.141. The Labute approximate surface area is 146 Å². The normalized spacial score (nSPS) is 20.3. The second-order valence-corrected chi connectivity index (χ2v) is 6.19. The molecule has 0 spiro atoms. The molecule has 0 aromatic heterocycles. The lowest BCUT2D eigenvalue weighted by atomic mass is 9.89. The molecular weight excluding hydrogens is 334 g/mol. The van der Waals surface area contributed by atoms with Crippen molar-refractivity contribution in [3.8, 4) is 0 Å². The standard InChI is InChI=1S/C17H22ClNO5/c1-23-8-9-24-7-6-16(20)19-10-14(15(11-19)17(21)22)12-2-4-13(18)5-3-12/h2-5,14-15H,6-11H2,1H3,(H,21,22)/t14-,15+/m0/s1. The highest BCUT2D eigenvalue weighted by Crippen LogP contribution is 2.33. The molecule has 2 atom stereocenters. The molecule has 1 aromatic rings. The molecular formula is C17H22ClNO5. The predicted molar refractivity (Wildman–Crippen MR) is 89.2 cm³/mol. The molecule has 1 saturated heterocycles. The number of carbonyl (C=O) groups is 2. The number of halogens is 1. The molecule has 1 aliphatic rings.